The highest BCUT2D eigenvalue weighted by atomic mass is 19.1. The van der Waals surface area contributed by atoms with E-state index in [0.717, 1.165) is 12.8 Å². The van der Waals surface area contributed by atoms with Gasteiger partial charge in [-0.15, -0.1) is 0 Å². The van der Waals surface area contributed by atoms with Crippen molar-refractivity contribution in [3.05, 3.63) is 30.1 Å². The Labute approximate surface area is 124 Å². The average Bonchev–Trinajstić information content (AvgIpc) is 3.30. The van der Waals surface area contributed by atoms with E-state index in [1.165, 1.54) is 6.07 Å². The molecule has 1 fully saturated rings. The summed E-state index contributed by atoms with van der Waals surface area (Å²) in [6.07, 6.45) is 1.90. The van der Waals surface area contributed by atoms with Crippen LogP contribution in [0.4, 0.5) is 4.39 Å². The fraction of sp³-hybridized carbons (Fsp3) is 0.562. The first-order valence-corrected chi connectivity index (χ1v) is 7.43. The molecule has 1 aliphatic carbocycles. The largest absolute Gasteiger partial charge is 0.488 e. The van der Waals surface area contributed by atoms with Crippen molar-refractivity contribution in [2.75, 3.05) is 19.8 Å². The first-order valence-electron chi connectivity index (χ1n) is 7.43. The Hall–Kier alpha value is -1.62. The first-order chi connectivity index (χ1) is 10.1. The summed E-state index contributed by atoms with van der Waals surface area (Å²) in [5.41, 5.74) is -0.882. The van der Waals surface area contributed by atoms with Gasteiger partial charge in [-0.1, -0.05) is 19.1 Å². The molecule has 0 saturated heterocycles. The van der Waals surface area contributed by atoms with Gasteiger partial charge in [0.15, 0.2) is 17.1 Å². The molecule has 1 saturated carbocycles. The lowest BCUT2D eigenvalue weighted by atomic mass is 9.94. The molecule has 0 aromatic heterocycles. The molecule has 1 aromatic rings. The number of esters is 1. The number of rotatable bonds is 8. The van der Waals surface area contributed by atoms with Crippen LogP contribution in [0.25, 0.3) is 0 Å². The number of hydrogen-bond acceptors (Lipinski definition) is 4. The molecule has 1 aliphatic rings. The van der Waals surface area contributed by atoms with Crippen molar-refractivity contribution in [2.24, 2.45) is 5.92 Å². The van der Waals surface area contributed by atoms with E-state index < -0.39 is 11.4 Å². The van der Waals surface area contributed by atoms with E-state index in [4.69, 9.17) is 9.47 Å². The quantitative estimate of drug-likeness (QED) is 0.749. The molecule has 1 unspecified atom stereocenters. The van der Waals surface area contributed by atoms with Crippen LogP contribution in [0, 0.1) is 11.7 Å². The third-order valence-corrected chi connectivity index (χ3v) is 3.70. The van der Waals surface area contributed by atoms with Gasteiger partial charge >= 0.3 is 5.97 Å². The maximum Gasteiger partial charge on any atom is 0.330 e. The van der Waals surface area contributed by atoms with Crippen LogP contribution in [0.1, 0.15) is 26.7 Å². The SMILES string of the molecule is CCNC(COc1ccccc1F)(C(=O)OCC)C1CC1. The number of likely N-dealkylation sites (N-methyl/N-ethyl adjacent to an activating group) is 1. The normalized spacial score (nSPS) is 17.1. The molecule has 1 N–H and O–H groups in total. The second-order valence-corrected chi connectivity index (χ2v) is 5.22. The molecule has 1 aromatic carbocycles. The zero-order valence-electron chi connectivity index (χ0n) is 12.5. The number of ether oxygens (including phenoxy) is 2. The summed E-state index contributed by atoms with van der Waals surface area (Å²) in [6.45, 7) is 4.72. The monoisotopic (exact) mass is 295 g/mol. The average molecular weight is 295 g/mol. The Kier molecular flexibility index (Phi) is 5.17. The first kappa shape index (κ1) is 15.8. The summed E-state index contributed by atoms with van der Waals surface area (Å²) in [6, 6.07) is 6.21. The Bertz CT molecular complexity index is 490. The zero-order valence-corrected chi connectivity index (χ0v) is 12.5. The summed E-state index contributed by atoms with van der Waals surface area (Å²) in [5.74, 6) is -0.402. The summed E-state index contributed by atoms with van der Waals surface area (Å²) < 4.78 is 24.4. The highest BCUT2D eigenvalue weighted by Crippen LogP contribution is 2.41. The van der Waals surface area contributed by atoms with Gasteiger partial charge in [0.2, 0.25) is 0 Å². The van der Waals surface area contributed by atoms with Gasteiger partial charge in [0.1, 0.15) is 6.61 Å². The molecule has 0 amide bonds. The van der Waals surface area contributed by atoms with Crippen molar-refractivity contribution in [3.8, 4) is 5.75 Å². The van der Waals surface area contributed by atoms with Gasteiger partial charge in [0.05, 0.1) is 6.61 Å². The Balaban J connectivity index is 2.15. The Morgan fingerprint density at radius 3 is 2.67 bits per heavy atom. The third kappa shape index (κ3) is 3.53. The minimum atomic E-state index is -0.882. The van der Waals surface area contributed by atoms with Crippen molar-refractivity contribution in [1.82, 2.24) is 5.32 Å². The predicted octanol–water partition coefficient (Wildman–Crippen LogP) is 2.53. The van der Waals surface area contributed by atoms with E-state index in [9.17, 15) is 9.18 Å². The number of carbonyl (C=O) groups excluding carboxylic acids is 1. The highest BCUT2D eigenvalue weighted by Gasteiger charge is 2.52. The van der Waals surface area contributed by atoms with Crippen LogP contribution in [-0.2, 0) is 9.53 Å². The van der Waals surface area contributed by atoms with E-state index >= 15 is 0 Å². The molecular weight excluding hydrogens is 273 g/mol. The molecule has 0 radical (unpaired) electrons. The number of carbonyl (C=O) groups is 1. The van der Waals surface area contributed by atoms with Crippen LogP contribution in [0.5, 0.6) is 5.75 Å². The number of benzene rings is 1. The lowest BCUT2D eigenvalue weighted by Crippen LogP contribution is -2.59. The topological polar surface area (TPSA) is 47.6 Å². The summed E-state index contributed by atoms with van der Waals surface area (Å²) in [7, 11) is 0. The molecule has 5 heteroatoms. The number of nitrogens with one attached hydrogen (secondary N) is 1. The minimum Gasteiger partial charge on any atom is -0.488 e. The van der Waals surface area contributed by atoms with Crippen LogP contribution in [-0.4, -0.2) is 31.3 Å². The third-order valence-electron chi connectivity index (χ3n) is 3.70. The molecule has 116 valence electrons. The maximum atomic E-state index is 13.7. The van der Waals surface area contributed by atoms with Crippen molar-refractivity contribution < 1.29 is 18.7 Å². The zero-order chi connectivity index (χ0) is 15.3. The molecule has 21 heavy (non-hydrogen) atoms. The van der Waals surface area contributed by atoms with Crippen LogP contribution in [0.2, 0.25) is 0 Å². The van der Waals surface area contributed by atoms with Crippen molar-refractivity contribution in [1.29, 1.82) is 0 Å². The predicted molar refractivity (Wildman–Crippen MR) is 77.7 cm³/mol. The molecule has 2 rings (SSSR count). The summed E-state index contributed by atoms with van der Waals surface area (Å²) >= 11 is 0. The number of para-hydroxylation sites is 1. The molecule has 1 atom stereocenters. The Morgan fingerprint density at radius 2 is 2.10 bits per heavy atom. The standard InChI is InChI=1S/C16H22FNO3/c1-3-18-16(12-9-10-12,15(19)20-4-2)11-21-14-8-6-5-7-13(14)17/h5-8,12,18H,3-4,9-11H2,1-2H3. The molecule has 0 bridgehead atoms. The van der Waals surface area contributed by atoms with E-state index in [1.807, 2.05) is 6.92 Å². The van der Waals surface area contributed by atoms with Gasteiger partial charge in [-0.05, 0) is 44.4 Å². The lowest BCUT2D eigenvalue weighted by molar-refractivity contribution is -0.154. The number of hydrogen-bond donors (Lipinski definition) is 1. The van der Waals surface area contributed by atoms with Gasteiger partial charge in [0, 0.05) is 0 Å². The fourth-order valence-electron chi connectivity index (χ4n) is 2.52. The lowest BCUT2D eigenvalue weighted by Gasteiger charge is -2.32. The Morgan fingerprint density at radius 1 is 1.38 bits per heavy atom. The highest BCUT2D eigenvalue weighted by molar-refractivity contribution is 5.82. The van der Waals surface area contributed by atoms with Crippen LogP contribution in [0.3, 0.4) is 0 Å². The van der Waals surface area contributed by atoms with Crippen molar-refractivity contribution in [3.63, 3.8) is 0 Å². The molecule has 0 spiro atoms. The van der Waals surface area contributed by atoms with Gasteiger partial charge < -0.3 is 9.47 Å². The van der Waals surface area contributed by atoms with Crippen molar-refractivity contribution in [2.45, 2.75) is 32.2 Å². The van der Waals surface area contributed by atoms with Gasteiger partial charge in [-0.25, -0.2) is 9.18 Å². The molecular formula is C16H22FNO3. The molecule has 0 heterocycles. The van der Waals surface area contributed by atoms with E-state index in [1.54, 1.807) is 25.1 Å². The van der Waals surface area contributed by atoms with Gasteiger partial charge in [0.25, 0.3) is 0 Å². The minimum absolute atomic E-state index is 0.0747. The molecule has 0 aliphatic heterocycles. The summed E-state index contributed by atoms with van der Waals surface area (Å²) in [4.78, 5) is 12.4. The van der Waals surface area contributed by atoms with Crippen LogP contribution >= 0.6 is 0 Å². The number of halogens is 1. The van der Waals surface area contributed by atoms with Crippen LogP contribution < -0.4 is 10.1 Å². The van der Waals surface area contributed by atoms with Gasteiger partial charge in [-0.3, -0.25) is 5.32 Å². The van der Waals surface area contributed by atoms with E-state index in [0.29, 0.717) is 13.2 Å². The second-order valence-electron chi connectivity index (χ2n) is 5.22. The van der Waals surface area contributed by atoms with Crippen LogP contribution in [0.15, 0.2) is 24.3 Å². The second kappa shape index (κ2) is 6.89. The fourth-order valence-corrected chi connectivity index (χ4v) is 2.52. The maximum absolute atomic E-state index is 13.7. The van der Waals surface area contributed by atoms with E-state index in [2.05, 4.69) is 5.32 Å². The smallest absolute Gasteiger partial charge is 0.330 e. The van der Waals surface area contributed by atoms with E-state index in [-0.39, 0.29) is 24.2 Å². The molecule has 4 nitrogen and oxygen atoms in total. The van der Waals surface area contributed by atoms with Crippen molar-refractivity contribution >= 4 is 5.97 Å². The van der Waals surface area contributed by atoms with Gasteiger partial charge in [-0.2, -0.15) is 0 Å². The summed E-state index contributed by atoms with van der Waals surface area (Å²) in [5, 5.41) is 3.21.